The number of hydrogen-bond acceptors (Lipinski definition) is 4. The Morgan fingerprint density at radius 3 is 2.65 bits per heavy atom. The molecule has 0 saturated heterocycles. The monoisotopic (exact) mass is 280 g/mol. The second-order valence-corrected chi connectivity index (χ2v) is 4.36. The Morgan fingerprint density at radius 1 is 1.35 bits per heavy atom. The van der Waals surface area contributed by atoms with Crippen LogP contribution in [-0.4, -0.2) is 43.2 Å². The van der Waals surface area contributed by atoms with E-state index < -0.39 is 12.0 Å². The van der Waals surface area contributed by atoms with E-state index in [0.29, 0.717) is 6.54 Å². The van der Waals surface area contributed by atoms with Crippen molar-refractivity contribution in [3.8, 4) is 5.75 Å². The molecule has 0 spiro atoms. The molecule has 0 saturated carbocycles. The normalized spacial score (nSPS) is 11.7. The van der Waals surface area contributed by atoms with Gasteiger partial charge in [0.15, 0.2) is 0 Å². The van der Waals surface area contributed by atoms with Crippen LogP contribution in [0, 0.1) is 0 Å². The summed E-state index contributed by atoms with van der Waals surface area (Å²) in [5.74, 6) is -0.597. The van der Waals surface area contributed by atoms with Crippen LogP contribution in [0.3, 0.4) is 0 Å². The molecule has 110 valence electrons. The number of aliphatic carboxylic acids is 1. The van der Waals surface area contributed by atoms with Crippen molar-refractivity contribution >= 4 is 11.9 Å². The van der Waals surface area contributed by atoms with Gasteiger partial charge in [-0.05, 0) is 24.6 Å². The maximum atomic E-state index is 10.9. The van der Waals surface area contributed by atoms with Gasteiger partial charge in [-0.2, -0.15) is 0 Å². The first-order chi connectivity index (χ1) is 9.54. The SMILES string of the molecule is COc1ccccc1CCNCC(NC(C)=O)C(=O)O. The van der Waals surface area contributed by atoms with Crippen LogP contribution in [0.2, 0.25) is 0 Å². The van der Waals surface area contributed by atoms with Crippen LogP contribution in [0.4, 0.5) is 0 Å². The molecule has 1 atom stereocenters. The zero-order valence-corrected chi connectivity index (χ0v) is 11.7. The van der Waals surface area contributed by atoms with Gasteiger partial charge in [0.25, 0.3) is 0 Å². The highest BCUT2D eigenvalue weighted by Gasteiger charge is 2.17. The molecule has 1 aromatic carbocycles. The van der Waals surface area contributed by atoms with Gasteiger partial charge in [-0.25, -0.2) is 4.79 Å². The molecule has 0 aliphatic rings. The van der Waals surface area contributed by atoms with Crippen LogP contribution in [0.25, 0.3) is 0 Å². The molecule has 6 nitrogen and oxygen atoms in total. The number of nitrogens with one attached hydrogen (secondary N) is 2. The Hall–Kier alpha value is -2.08. The molecular weight excluding hydrogens is 260 g/mol. The molecule has 1 aromatic rings. The van der Waals surface area contributed by atoms with Crippen LogP contribution < -0.4 is 15.4 Å². The maximum Gasteiger partial charge on any atom is 0.327 e. The highest BCUT2D eigenvalue weighted by molar-refractivity contribution is 5.82. The summed E-state index contributed by atoms with van der Waals surface area (Å²) >= 11 is 0. The summed E-state index contributed by atoms with van der Waals surface area (Å²) in [5.41, 5.74) is 1.05. The first-order valence-electron chi connectivity index (χ1n) is 6.37. The second kappa shape index (κ2) is 8.16. The topological polar surface area (TPSA) is 87.7 Å². The van der Waals surface area contributed by atoms with Gasteiger partial charge in [-0.15, -0.1) is 0 Å². The van der Waals surface area contributed by atoms with Crippen molar-refractivity contribution in [3.05, 3.63) is 29.8 Å². The van der Waals surface area contributed by atoms with E-state index in [0.717, 1.165) is 17.7 Å². The number of ether oxygens (including phenoxy) is 1. The summed E-state index contributed by atoms with van der Waals surface area (Å²) in [5, 5.41) is 14.3. The molecule has 0 fully saturated rings. The van der Waals surface area contributed by atoms with Gasteiger partial charge in [-0.3, -0.25) is 4.79 Å². The molecule has 6 heteroatoms. The van der Waals surface area contributed by atoms with Crippen LogP contribution >= 0.6 is 0 Å². The number of benzene rings is 1. The van der Waals surface area contributed by atoms with Crippen molar-refractivity contribution in [1.82, 2.24) is 10.6 Å². The highest BCUT2D eigenvalue weighted by atomic mass is 16.5. The lowest BCUT2D eigenvalue weighted by Crippen LogP contribution is -2.46. The third kappa shape index (κ3) is 5.27. The van der Waals surface area contributed by atoms with E-state index >= 15 is 0 Å². The zero-order chi connectivity index (χ0) is 15.0. The van der Waals surface area contributed by atoms with Crippen molar-refractivity contribution in [2.45, 2.75) is 19.4 Å². The summed E-state index contributed by atoms with van der Waals surface area (Å²) in [7, 11) is 1.61. The van der Waals surface area contributed by atoms with E-state index in [-0.39, 0.29) is 12.5 Å². The fourth-order valence-corrected chi connectivity index (χ4v) is 1.82. The molecule has 0 aliphatic heterocycles. The van der Waals surface area contributed by atoms with Crippen molar-refractivity contribution in [2.24, 2.45) is 0 Å². The van der Waals surface area contributed by atoms with Crippen molar-refractivity contribution in [2.75, 3.05) is 20.2 Å². The average Bonchev–Trinajstić information content (AvgIpc) is 2.42. The first-order valence-corrected chi connectivity index (χ1v) is 6.37. The van der Waals surface area contributed by atoms with Gasteiger partial charge in [0, 0.05) is 13.5 Å². The Labute approximate surface area is 118 Å². The number of hydrogen-bond donors (Lipinski definition) is 3. The summed E-state index contributed by atoms with van der Waals surface area (Å²) in [4.78, 5) is 21.8. The number of carboxylic acid groups (broad SMARTS) is 1. The Kier molecular flexibility index (Phi) is 6.52. The van der Waals surface area contributed by atoms with E-state index in [1.54, 1.807) is 7.11 Å². The molecule has 0 radical (unpaired) electrons. The molecule has 1 rings (SSSR count). The lowest BCUT2D eigenvalue weighted by Gasteiger charge is -2.14. The van der Waals surface area contributed by atoms with Crippen molar-refractivity contribution < 1.29 is 19.4 Å². The minimum atomic E-state index is -1.05. The minimum absolute atomic E-state index is 0.185. The third-order valence-electron chi connectivity index (χ3n) is 2.79. The van der Waals surface area contributed by atoms with E-state index in [4.69, 9.17) is 9.84 Å². The minimum Gasteiger partial charge on any atom is -0.496 e. The number of methoxy groups -OCH3 is 1. The molecule has 0 aromatic heterocycles. The molecule has 0 bridgehead atoms. The predicted octanol–water partition coefficient (Wildman–Crippen LogP) is 0.417. The highest BCUT2D eigenvalue weighted by Crippen LogP contribution is 2.17. The third-order valence-corrected chi connectivity index (χ3v) is 2.79. The zero-order valence-electron chi connectivity index (χ0n) is 11.7. The van der Waals surface area contributed by atoms with E-state index in [1.807, 2.05) is 24.3 Å². The first kappa shape index (κ1) is 16.0. The van der Waals surface area contributed by atoms with Gasteiger partial charge in [0.05, 0.1) is 7.11 Å². The number of carbonyl (C=O) groups excluding carboxylic acids is 1. The Balaban J connectivity index is 2.40. The molecular formula is C14H20N2O4. The summed E-state index contributed by atoms with van der Waals surface area (Å²) in [6.07, 6.45) is 0.719. The van der Waals surface area contributed by atoms with Crippen LogP contribution in [-0.2, 0) is 16.0 Å². The lowest BCUT2D eigenvalue weighted by atomic mass is 10.1. The van der Waals surface area contributed by atoms with Crippen LogP contribution in [0.15, 0.2) is 24.3 Å². The average molecular weight is 280 g/mol. The van der Waals surface area contributed by atoms with Gasteiger partial charge in [0.1, 0.15) is 11.8 Å². The largest absolute Gasteiger partial charge is 0.496 e. The van der Waals surface area contributed by atoms with E-state index in [9.17, 15) is 9.59 Å². The fourth-order valence-electron chi connectivity index (χ4n) is 1.82. The second-order valence-electron chi connectivity index (χ2n) is 4.36. The molecule has 1 unspecified atom stereocenters. The number of carbonyl (C=O) groups is 2. The van der Waals surface area contributed by atoms with E-state index in [2.05, 4.69) is 10.6 Å². The van der Waals surface area contributed by atoms with Gasteiger partial charge < -0.3 is 20.5 Å². The van der Waals surface area contributed by atoms with Gasteiger partial charge in [0.2, 0.25) is 5.91 Å². The molecule has 0 aliphatic carbocycles. The quantitative estimate of drug-likeness (QED) is 0.601. The summed E-state index contributed by atoms with van der Waals surface area (Å²) in [6.45, 7) is 2.08. The van der Waals surface area contributed by atoms with Gasteiger partial charge in [-0.1, -0.05) is 18.2 Å². The summed E-state index contributed by atoms with van der Waals surface area (Å²) < 4.78 is 5.24. The van der Waals surface area contributed by atoms with Gasteiger partial charge >= 0.3 is 5.97 Å². The number of rotatable bonds is 8. The van der Waals surface area contributed by atoms with Crippen LogP contribution in [0.5, 0.6) is 5.75 Å². The van der Waals surface area contributed by atoms with Crippen LogP contribution in [0.1, 0.15) is 12.5 Å². The lowest BCUT2D eigenvalue weighted by molar-refractivity contribution is -0.141. The Bertz CT molecular complexity index is 462. The summed E-state index contributed by atoms with van der Waals surface area (Å²) in [6, 6.07) is 6.75. The van der Waals surface area contributed by atoms with E-state index in [1.165, 1.54) is 6.92 Å². The number of carboxylic acids is 1. The molecule has 0 heterocycles. The number of para-hydroxylation sites is 1. The maximum absolute atomic E-state index is 10.9. The van der Waals surface area contributed by atoms with Crippen molar-refractivity contribution in [1.29, 1.82) is 0 Å². The van der Waals surface area contributed by atoms with Crippen molar-refractivity contribution in [3.63, 3.8) is 0 Å². The predicted molar refractivity (Wildman–Crippen MR) is 74.8 cm³/mol. The molecule has 3 N–H and O–H groups in total. The Morgan fingerprint density at radius 2 is 2.05 bits per heavy atom. The smallest absolute Gasteiger partial charge is 0.327 e. The number of amides is 1. The molecule has 1 amide bonds. The fraction of sp³-hybridized carbons (Fsp3) is 0.429. The standard InChI is InChI=1S/C14H20N2O4/c1-10(17)16-12(14(18)19)9-15-8-7-11-5-3-4-6-13(11)20-2/h3-6,12,15H,7-9H2,1-2H3,(H,16,17)(H,18,19). The molecule has 20 heavy (non-hydrogen) atoms.